The molecule has 0 amide bonds. The smallest absolute Gasteiger partial charge is 0.0214 e. The van der Waals surface area contributed by atoms with Gasteiger partial charge in [-0.2, -0.15) is 0 Å². The quantitative estimate of drug-likeness (QED) is 0.721. The van der Waals surface area contributed by atoms with Gasteiger partial charge < -0.3 is 5.32 Å². The molecule has 0 saturated carbocycles. The number of likely N-dealkylation sites (tertiary alicyclic amines) is 1. The SMILES string of the molecule is C#CCCN1CCC[C@H]1C.C[C@@H]1CCCN1. The van der Waals surface area contributed by atoms with Crippen LogP contribution in [0.1, 0.15) is 46.0 Å². The third-order valence-corrected chi connectivity index (χ3v) is 3.54. The summed E-state index contributed by atoms with van der Waals surface area (Å²) in [6.07, 6.45) is 11.5. The molecule has 2 nitrogen and oxygen atoms in total. The molecule has 0 aromatic rings. The van der Waals surface area contributed by atoms with Crippen LogP contribution in [0, 0.1) is 12.3 Å². The third kappa shape index (κ3) is 5.01. The van der Waals surface area contributed by atoms with Crippen LogP contribution in [-0.4, -0.2) is 36.6 Å². The predicted octanol–water partition coefficient (Wildman–Crippen LogP) is 2.25. The molecular weight excluding hydrogens is 196 g/mol. The van der Waals surface area contributed by atoms with E-state index in [2.05, 4.69) is 30.0 Å². The van der Waals surface area contributed by atoms with Gasteiger partial charge in [-0.05, 0) is 52.6 Å². The number of nitrogens with one attached hydrogen (secondary N) is 1. The van der Waals surface area contributed by atoms with E-state index in [4.69, 9.17) is 6.42 Å². The van der Waals surface area contributed by atoms with Crippen LogP contribution in [0.4, 0.5) is 0 Å². The zero-order valence-electron chi connectivity index (χ0n) is 10.8. The Morgan fingerprint density at radius 3 is 2.50 bits per heavy atom. The summed E-state index contributed by atoms with van der Waals surface area (Å²) >= 11 is 0. The zero-order chi connectivity index (χ0) is 11.8. The Kier molecular flexibility index (Phi) is 6.52. The van der Waals surface area contributed by atoms with Gasteiger partial charge in [-0.1, -0.05) is 0 Å². The molecule has 2 rings (SSSR count). The number of hydrogen-bond donors (Lipinski definition) is 1. The number of terminal acetylenes is 1. The van der Waals surface area contributed by atoms with Crippen LogP contribution >= 0.6 is 0 Å². The fraction of sp³-hybridized carbons (Fsp3) is 0.857. The van der Waals surface area contributed by atoms with Gasteiger partial charge in [0.05, 0.1) is 0 Å². The first kappa shape index (κ1) is 13.5. The lowest BCUT2D eigenvalue weighted by Gasteiger charge is -2.18. The minimum Gasteiger partial charge on any atom is -0.314 e. The first-order chi connectivity index (χ1) is 7.74. The maximum atomic E-state index is 5.18. The third-order valence-electron chi connectivity index (χ3n) is 3.54. The molecule has 2 aliphatic heterocycles. The molecule has 0 spiro atoms. The van der Waals surface area contributed by atoms with Crippen molar-refractivity contribution in [1.82, 2.24) is 10.2 Å². The predicted molar refractivity (Wildman–Crippen MR) is 70.4 cm³/mol. The van der Waals surface area contributed by atoms with Crippen molar-refractivity contribution in [2.45, 2.75) is 58.0 Å². The monoisotopic (exact) mass is 222 g/mol. The van der Waals surface area contributed by atoms with Crippen molar-refractivity contribution >= 4 is 0 Å². The highest BCUT2D eigenvalue weighted by Crippen LogP contribution is 2.15. The Morgan fingerprint density at radius 2 is 2.12 bits per heavy atom. The number of hydrogen-bond acceptors (Lipinski definition) is 2. The van der Waals surface area contributed by atoms with E-state index in [0.717, 1.165) is 25.0 Å². The van der Waals surface area contributed by atoms with Crippen molar-refractivity contribution in [3.05, 3.63) is 0 Å². The van der Waals surface area contributed by atoms with Crippen molar-refractivity contribution < 1.29 is 0 Å². The van der Waals surface area contributed by atoms with Crippen molar-refractivity contribution in [3.63, 3.8) is 0 Å². The lowest BCUT2D eigenvalue weighted by Crippen LogP contribution is -2.27. The molecule has 92 valence electrons. The summed E-state index contributed by atoms with van der Waals surface area (Å²) in [5, 5.41) is 3.32. The van der Waals surface area contributed by atoms with E-state index < -0.39 is 0 Å². The fourth-order valence-electron chi connectivity index (χ4n) is 2.39. The molecule has 16 heavy (non-hydrogen) atoms. The number of nitrogens with zero attached hydrogens (tertiary/aromatic N) is 1. The second-order valence-corrected chi connectivity index (χ2v) is 4.98. The Bertz CT molecular complexity index is 213. The van der Waals surface area contributed by atoms with E-state index in [1.54, 1.807) is 0 Å². The lowest BCUT2D eigenvalue weighted by molar-refractivity contribution is 0.275. The van der Waals surface area contributed by atoms with E-state index in [-0.39, 0.29) is 0 Å². The van der Waals surface area contributed by atoms with E-state index in [1.165, 1.54) is 38.8 Å². The molecule has 0 radical (unpaired) electrons. The Balaban J connectivity index is 0.000000181. The van der Waals surface area contributed by atoms with Gasteiger partial charge in [-0.25, -0.2) is 0 Å². The lowest BCUT2D eigenvalue weighted by atomic mass is 10.2. The molecular formula is C14H26N2. The van der Waals surface area contributed by atoms with Gasteiger partial charge in [0.25, 0.3) is 0 Å². The van der Waals surface area contributed by atoms with Crippen molar-refractivity contribution in [2.75, 3.05) is 19.6 Å². The average molecular weight is 222 g/mol. The van der Waals surface area contributed by atoms with Crippen molar-refractivity contribution in [3.8, 4) is 12.3 Å². The Labute approximate surface area is 101 Å². The molecule has 2 fully saturated rings. The molecule has 0 aromatic heterocycles. The topological polar surface area (TPSA) is 15.3 Å². The zero-order valence-corrected chi connectivity index (χ0v) is 10.8. The summed E-state index contributed by atoms with van der Waals surface area (Å²) in [6, 6.07) is 1.57. The van der Waals surface area contributed by atoms with Crippen LogP contribution < -0.4 is 5.32 Å². The summed E-state index contributed by atoms with van der Waals surface area (Å²) in [6.45, 7) is 8.10. The second kappa shape index (κ2) is 7.70. The summed E-state index contributed by atoms with van der Waals surface area (Å²) in [7, 11) is 0. The summed E-state index contributed by atoms with van der Waals surface area (Å²) in [5.41, 5.74) is 0. The van der Waals surface area contributed by atoms with Crippen LogP contribution in [0.3, 0.4) is 0 Å². The van der Waals surface area contributed by atoms with Gasteiger partial charge in [-0.3, -0.25) is 4.90 Å². The normalized spacial score (nSPS) is 29.6. The van der Waals surface area contributed by atoms with Crippen molar-refractivity contribution in [1.29, 1.82) is 0 Å². The Hall–Kier alpha value is -0.520. The second-order valence-electron chi connectivity index (χ2n) is 4.98. The van der Waals surface area contributed by atoms with Gasteiger partial charge in [0.1, 0.15) is 0 Å². The van der Waals surface area contributed by atoms with Crippen molar-refractivity contribution in [2.24, 2.45) is 0 Å². The molecule has 0 unspecified atom stereocenters. The van der Waals surface area contributed by atoms with Crippen LogP contribution in [0.2, 0.25) is 0 Å². The van der Waals surface area contributed by atoms with Gasteiger partial charge in [0.15, 0.2) is 0 Å². The first-order valence-corrected chi connectivity index (χ1v) is 6.65. The van der Waals surface area contributed by atoms with Gasteiger partial charge in [0.2, 0.25) is 0 Å². The van der Waals surface area contributed by atoms with E-state index >= 15 is 0 Å². The minimum absolute atomic E-state index is 0.772. The standard InChI is InChI=1S/C9H15N.C5H11N/c1-3-4-7-10-8-5-6-9(10)2;1-5-3-2-4-6-5/h1,9H,4-8H2,2H3;5-6H,2-4H2,1H3/t9-;5-/m11/s1. The van der Waals surface area contributed by atoms with Crippen LogP contribution in [0.25, 0.3) is 0 Å². The number of rotatable bonds is 2. The van der Waals surface area contributed by atoms with E-state index in [0.29, 0.717) is 0 Å². The van der Waals surface area contributed by atoms with E-state index in [9.17, 15) is 0 Å². The highest BCUT2D eigenvalue weighted by Gasteiger charge is 2.18. The maximum Gasteiger partial charge on any atom is 0.0214 e. The molecule has 0 aromatic carbocycles. The van der Waals surface area contributed by atoms with E-state index in [1.807, 2.05) is 0 Å². The Morgan fingerprint density at radius 1 is 1.31 bits per heavy atom. The molecule has 2 atom stereocenters. The summed E-state index contributed by atoms with van der Waals surface area (Å²) in [5.74, 6) is 2.67. The highest BCUT2D eigenvalue weighted by molar-refractivity contribution is 4.86. The molecule has 2 aliphatic rings. The highest BCUT2D eigenvalue weighted by atomic mass is 15.2. The molecule has 0 aliphatic carbocycles. The minimum atomic E-state index is 0.772. The maximum absolute atomic E-state index is 5.18. The van der Waals surface area contributed by atoms with Crippen LogP contribution in [0.15, 0.2) is 0 Å². The van der Waals surface area contributed by atoms with Gasteiger partial charge in [0, 0.05) is 25.0 Å². The van der Waals surface area contributed by atoms with Gasteiger partial charge >= 0.3 is 0 Å². The molecule has 0 bridgehead atoms. The molecule has 2 saturated heterocycles. The summed E-state index contributed by atoms with van der Waals surface area (Å²) in [4.78, 5) is 2.47. The average Bonchev–Trinajstić information content (AvgIpc) is 2.88. The van der Waals surface area contributed by atoms with Gasteiger partial charge in [-0.15, -0.1) is 12.3 Å². The largest absolute Gasteiger partial charge is 0.314 e. The van der Waals surface area contributed by atoms with Crippen LogP contribution in [0.5, 0.6) is 0 Å². The van der Waals surface area contributed by atoms with Crippen LogP contribution in [-0.2, 0) is 0 Å². The molecule has 2 heterocycles. The molecule has 2 heteroatoms. The first-order valence-electron chi connectivity index (χ1n) is 6.65. The summed E-state index contributed by atoms with van der Waals surface area (Å²) < 4.78 is 0. The fourth-order valence-corrected chi connectivity index (χ4v) is 2.39. The molecule has 1 N–H and O–H groups in total.